The molecule has 0 atom stereocenters. The Balaban J connectivity index is 2.10. The van der Waals surface area contributed by atoms with E-state index in [1.807, 2.05) is 12.1 Å². The second-order valence-corrected chi connectivity index (χ2v) is 4.52. The summed E-state index contributed by atoms with van der Waals surface area (Å²) in [5, 5.41) is 1.48. The number of nitrogens with zero attached hydrogens (tertiary/aromatic N) is 1. The second kappa shape index (κ2) is 4.86. The van der Waals surface area contributed by atoms with E-state index in [0.717, 1.165) is 5.39 Å². The minimum absolute atomic E-state index is 0.0625. The summed E-state index contributed by atoms with van der Waals surface area (Å²) in [6, 6.07) is 10.5. The van der Waals surface area contributed by atoms with Crippen molar-refractivity contribution >= 4 is 28.7 Å². The molecule has 2 aromatic carbocycles. The fourth-order valence-electron chi connectivity index (χ4n) is 2.37. The Bertz CT molecular complexity index is 794. The first kappa shape index (κ1) is 13.1. The Morgan fingerprint density at radius 2 is 1.90 bits per heavy atom. The molecule has 1 heterocycles. The molecule has 3 amide bonds. The first-order valence-corrected chi connectivity index (χ1v) is 6.33. The van der Waals surface area contributed by atoms with Crippen LogP contribution in [0.1, 0.15) is 20.7 Å². The highest BCUT2D eigenvalue weighted by Crippen LogP contribution is 2.30. The number of rotatable bonds is 2. The van der Waals surface area contributed by atoms with Gasteiger partial charge in [-0.2, -0.15) is 4.90 Å². The maximum atomic E-state index is 12.4. The van der Waals surface area contributed by atoms with E-state index in [9.17, 15) is 14.4 Å². The molecule has 5 heteroatoms. The van der Waals surface area contributed by atoms with Gasteiger partial charge >= 0.3 is 6.09 Å². The molecule has 104 valence electrons. The van der Waals surface area contributed by atoms with E-state index in [1.165, 1.54) is 6.08 Å². The molecule has 0 bridgehead atoms. The topological polar surface area (TPSA) is 63.7 Å². The van der Waals surface area contributed by atoms with Crippen molar-refractivity contribution in [3.8, 4) is 0 Å². The maximum absolute atomic E-state index is 12.4. The molecule has 3 rings (SSSR count). The molecule has 1 aliphatic rings. The van der Waals surface area contributed by atoms with Gasteiger partial charge in [-0.05, 0) is 16.8 Å². The van der Waals surface area contributed by atoms with E-state index in [1.54, 1.807) is 24.3 Å². The van der Waals surface area contributed by atoms with Crippen LogP contribution in [0.15, 0.2) is 49.1 Å². The van der Waals surface area contributed by atoms with E-state index in [-0.39, 0.29) is 17.7 Å². The van der Waals surface area contributed by atoms with Crippen LogP contribution in [0.25, 0.3) is 10.8 Å². The van der Waals surface area contributed by atoms with Crippen molar-refractivity contribution in [1.29, 1.82) is 0 Å². The SMILES string of the molecule is C=CCOC(=O)N1C(=O)c2ccc3ccccc3c2C1=O. The third-order valence-corrected chi connectivity index (χ3v) is 3.29. The van der Waals surface area contributed by atoms with Crippen LogP contribution in [0.5, 0.6) is 0 Å². The Kier molecular flexibility index (Phi) is 3.02. The second-order valence-electron chi connectivity index (χ2n) is 4.52. The Labute approximate surface area is 120 Å². The van der Waals surface area contributed by atoms with Crippen LogP contribution in [0, 0.1) is 0 Å². The van der Waals surface area contributed by atoms with Crippen molar-refractivity contribution in [3.05, 3.63) is 60.2 Å². The summed E-state index contributed by atoms with van der Waals surface area (Å²) in [5.41, 5.74) is 0.461. The first-order chi connectivity index (χ1) is 10.1. The standard InChI is InChI=1S/C16H11NO4/c1-2-9-21-16(20)17-14(18)12-8-7-10-5-3-4-6-11(10)13(12)15(17)19/h2-8H,1,9H2. The Morgan fingerprint density at radius 1 is 1.14 bits per heavy atom. The lowest BCUT2D eigenvalue weighted by Crippen LogP contribution is -2.36. The molecule has 0 fully saturated rings. The van der Waals surface area contributed by atoms with Crippen LogP contribution < -0.4 is 0 Å². The lowest BCUT2D eigenvalue weighted by molar-refractivity contribution is 0.0605. The van der Waals surface area contributed by atoms with Crippen molar-refractivity contribution in [2.75, 3.05) is 6.61 Å². The van der Waals surface area contributed by atoms with Crippen LogP contribution in [-0.2, 0) is 4.74 Å². The van der Waals surface area contributed by atoms with E-state index in [0.29, 0.717) is 10.3 Å². The van der Waals surface area contributed by atoms with Crippen LogP contribution in [0.3, 0.4) is 0 Å². The van der Waals surface area contributed by atoms with Gasteiger partial charge in [-0.25, -0.2) is 4.79 Å². The van der Waals surface area contributed by atoms with Gasteiger partial charge in [-0.3, -0.25) is 9.59 Å². The maximum Gasteiger partial charge on any atom is 0.424 e. The number of carbonyl (C=O) groups excluding carboxylic acids is 3. The molecule has 1 aliphatic heterocycles. The summed E-state index contributed by atoms with van der Waals surface area (Å²) >= 11 is 0. The van der Waals surface area contributed by atoms with Crippen molar-refractivity contribution < 1.29 is 19.1 Å². The average molecular weight is 281 g/mol. The van der Waals surface area contributed by atoms with Gasteiger partial charge in [0.15, 0.2) is 0 Å². The van der Waals surface area contributed by atoms with Crippen LogP contribution in [-0.4, -0.2) is 29.4 Å². The molecule has 0 aromatic heterocycles. The molecule has 21 heavy (non-hydrogen) atoms. The van der Waals surface area contributed by atoms with Gasteiger partial charge in [0.2, 0.25) is 0 Å². The van der Waals surface area contributed by atoms with Gasteiger partial charge in [0.1, 0.15) is 6.61 Å². The number of fused-ring (bicyclic) bond motifs is 3. The highest BCUT2D eigenvalue weighted by atomic mass is 16.6. The lowest BCUT2D eigenvalue weighted by Gasteiger charge is -2.10. The number of ether oxygens (including phenoxy) is 1. The number of imide groups is 3. The highest BCUT2D eigenvalue weighted by Gasteiger charge is 2.41. The fraction of sp³-hybridized carbons (Fsp3) is 0.0625. The van der Waals surface area contributed by atoms with Crippen LogP contribution in [0.4, 0.5) is 4.79 Å². The molecule has 2 aromatic rings. The summed E-state index contributed by atoms with van der Waals surface area (Å²) in [7, 11) is 0. The van der Waals surface area contributed by atoms with Gasteiger partial charge in [0, 0.05) is 0 Å². The summed E-state index contributed by atoms with van der Waals surface area (Å²) in [6.07, 6.45) is 0.385. The third kappa shape index (κ3) is 1.90. The Hall–Kier alpha value is -2.95. The Morgan fingerprint density at radius 3 is 2.67 bits per heavy atom. The number of benzene rings is 2. The normalized spacial score (nSPS) is 13.4. The lowest BCUT2D eigenvalue weighted by atomic mass is 10.0. The molecule has 0 unspecified atom stereocenters. The van der Waals surface area contributed by atoms with E-state index < -0.39 is 17.9 Å². The minimum atomic E-state index is -0.981. The monoisotopic (exact) mass is 281 g/mol. The molecule has 0 radical (unpaired) electrons. The molecule has 0 aliphatic carbocycles. The zero-order valence-electron chi connectivity index (χ0n) is 11.0. The minimum Gasteiger partial charge on any atom is -0.445 e. The fourth-order valence-corrected chi connectivity index (χ4v) is 2.37. The van der Waals surface area contributed by atoms with Crippen LogP contribution in [0.2, 0.25) is 0 Å². The highest BCUT2D eigenvalue weighted by molar-refractivity contribution is 6.31. The molecule has 0 N–H and O–H groups in total. The number of amides is 3. The van der Waals surface area contributed by atoms with Gasteiger partial charge in [-0.15, -0.1) is 0 Å². The number of carbonyl (C=O) groups is 3. The zero-order valence-corrected chi connectivity index (χ0v) is 11.0. The van der Waals surface area contributed by atoms with E-state index in [4.69, 9.17) is 4.74 Å². The third-order valence-electron chi connectivity index (χ3n) is 3.29. The smallest absolute Gasteiger partial charge is 0.424 e. The predicted molar refractivity (Wildman–Crippen MR) is 76.0 cm³/mol. The largest absolute Gasteiger partial charge is 0.445 e. The van der Waals surface area contributed by atoms with Gasteiger partial charge in [0.25, 0.3) is 11.8 Å². The molecule has 0 saturated heterocycles. The van der Waals surface area contributed by atoms with Gasteiger partial charge in [-0.1, -0.05) is 43.0 Å². The molecular weight excluding hydrogens is 270 g/mol. The molecule has 5 nitrogen and oxygen atoms in total. The van der Waals surface area contributed by atoms with Gasteiger partial charge < -0.3 is 4.74 Å². The molecular formula is C16H11NO4. The average Bonchev–Trinajstić information content (AvgIpc) is 2.76. The van der Waals surface area contributed by atoms with Crippen LogP contribution >= 0.6 is 0 Å². The van der Waals surface area contributed by atoms with E-state index in [2.05, 4.69) is 6.58 Å². The summed E-state index contributed by atoms with van der Waals surface area (Å²) in [5.74, 6) is -1.31. The van der Waals surface area contributed by atoms with Crippen molar-refractivity contribution in [3.63, 3.8) is 0 Å². The summed E-state index contributed by atoms with van der Waals surface area (Å²) < 4.78 is 4.79. The summed E-state index contributed by atoms with van der Waals surface area (Å²) in [6.45, 7) is 3.35. The summed E-state index contributed by atoms with van der Waals surface area (Å²) in [4.78, 5) is 37.0. The first-order valence-electron chi connectivity index (χ1n) is 6.33. The van der Waals surface area contributed by atoms with Crippen molar-refractivity contribution in [2.24, 2.45) is 0 Å². The zero-order chi connectivity index (χ0) is 15.0. The molecule has 0 spiro atoms. The van der Waals surface area contributed by atoms with Crippen molar-refractivity contribution in [2.45, 2.75) is 0 Å². The predicted octanol–water partition coefficient (Wildman–Crippen LogP) is 2.76. The number of hydrogen-bond donors (Lipinski definition) is 0. The molecule has 0 saturated carbocycles. The van der Waals surface area contributed by atoms with Crippen molar-refractivity contribution in [1.82, 2.24) is 4.90 Å². The van der Waals surface area contributed by atoms with E-state index >= 15 is 0 Å². The van der Waals surface area contributed by atoms with Gasteiger partial charge in [0.05, 0.1) is 11.1 Å². The number of hydrogen-bond acceptors (Lipinski definition) is 4. The quantitative estimate of drug-likeness (QED) is 0.627.